The molecule has 0 saturated carbocycles. The monoisotopic (exact) mass is 606 g/mol. The highest BCUT2D eigenvalue weighted by Crippen LogP contribution is 2.55. The third-order valence-corrected chi connectivity index (χ3v) is 8.33. The zero-order valence-electron chi connectivity index (χ0n) is 23.3. The van der Waals surface area contributed by atoms with E-state index in [-0.39, 0.29) is 16.7 Å². The number of hydrogen-bond acceptors (Lipinski definition) is 6. The zero-order valence-corrected chi connectivity index (χ0v) is 23.3. The summed E-state index contributed by atoms with van der Waals surface area (Å²) in [6.45, 7) is 0. The van der Waals surface area contributed by atoms with Gasteiger partial charge in [0.05, 0.1) is 12.1 Å². The molecule has 0 radical (unpaired) electrons. The van der Waals surface area contributed by atoms with Crippen molar-refractivity contribution in [3.8, 4) is 68.8 Å². The summed E-state index contributed by atoms with van der Waals surface area (Å²) in [7, 11) is 0. The van der Waals surface area contributed by atoms with Crippen molar-refractivity contribution < 1.29 is 17.6 Å². The highest BCUT2D eigenvalue weighted by molar-refractivity contribution is 6.07. The third-order valence-electron chi connectivity index (χ3n) is 8.33. The van der Waals surface area contributed by atoms with E-state index in [1.54, 1.807) is 42.5 Å². The number of aromatic nitrogens is 2. The van der Waals surface area contributed by atoms with E-state index in [1.807, 2.05) is 18.2 Å². The van der Waals surface area contributed by atoms with Crippen molar-refractivity contribution >= 4 is 5.57 Å². The summed E-state index contributed by atoms with van der Waals surface area (Å²) in [5, 5.41) is 39.8. The minimum absolute atomic E-state index is 0.178. The van der Waals surface area contributed by atoms with E-state index in [9.17, 15) is 38.6 Å². The van der Waals surface area contributed by atoms with Crippen LogP contribution in [-0.2, 0) is 0 Å². The number of fused-ring (bicyclic) bond motifs is 6. The molecule has 3 aromatic carbocycles. The van der Waals surface area contributed by atoms with Gasteiger partial charge in [0.25, 0.3) is 0 Å². The van der Waals surface area contributed by atoms with Gasteiger partial charge in [-0.05, 0) is 91.0 Å². The number of hydrogen-bond donors (Lipinski definition) is 0. The lowest BCUT2D eigenvalue weighted by Gasteiger charge is -2.16. The minimum Gasteiger partial charge on any atom is -0.197 e. The summed E-state index contributed by atoms with van der Waals surface area (Å²) in [6, 6.07) is 26.1. The Morgan fingerprint density at radius 1 is 0.522 bits per heavy atom. The molecule has 0 amide bonds. The van der Waals surface area contributed by atoms with E-state index in [4.69, 9.17) is 0 Å². The van der Waals surface area contributed by atoms with Crippen molar-refractivity contribution in [1.29, 1.82) is 21.0 Å². The number of nitrogens with zero attached hydrogens (tertiary/aromatic N) is 6. The topological polar surface area (TPSA) is 121 Å². The maximum Gasteiger partial charge on any atom is 0.216 e. The molecule has 0 saturated heterocycles. The summed E-state index contributed by atoms with van der Waals surface area (Å²) >= 11 is 0. The molecule has 5 aromatic rings. The van der Waals surface area contributed by atoms with Gasteiger partial charge in [-0.2, -0.15) is 48.6 Å². The van der Waals surface area contributed by atoms with Crippen molar-refractivity contribution in [3.05, 3.63) is 124 Å². The maximum atomic E-state index is 14.0. The van der Waals surface area contributed by atoms with Gasteiger partial charge in [0.15, 0.2) is 0 Å². The Balaban J connectivity index is 1.46. The average Bonchev–Trinajstić information content (AvgIpc) is 3.52. The molecule has 7 rings (SSSR count). The van der Waals surface area contributed by atoms with Gasteiger partial charge in [0.2, 0.25) is 23.8 Å². The van der Waals surface area contributed by atoms with Crippen molar-refractivity contribution in [2.24, 2.45) is 5.92 Å². The SMILES string of the molecule is N#CC(C#N)=C1c2cc(-c3cc(F)nc(F)c3)ccc2-c2cc3c(cc21)-c1ccc(-c2cc(F)nc(F)c2)cc1C3C(C#N)C#N. The van der Waals surface area contributed by atoms with Crippen molar-refractivity contribution in [1.82, 2.24) is 9.97 Å². The highest BCUT2D eigenvalue weighted by Gasteiger charge is 2.38. The molecule has 0 N–H and O–H groups in total. The van der Waals surface area contributed by atoms with Gasteiger partial charge in [0.1, 0.15) is 23.6 Å². The normalized spacial score (nSPS) is 13.5. The predicted octanol–water partition coefficient (Wildman–Crippen LogP) is 7.97. The Morgan fingerprint density at radius 2 is 1.02 bits per heavy atom. The fourth-order valence-corrected chi connectivity index (χ4v) is 6.47. The first-order valence-corrected chi connectivity index (χ1v) is 13.7. The van der Waals surface area contributed by atoms with Crippen LogP contribution in [0, 0.1) is 75.0 Å². The Morgan fingerprint density at radius 3 is 1.57 bits per heavy atom. The molecule has 1 unspecified atom stereocenters. The molecular weight excluding hydrogens is 592 g/mol. The van der Waals surface area contributed by atoms with Crippen LogP contribution in [-0.4, -0.2) is 9.97 Å². The first kappa shape index (κ1) is 28.2. The van der Waals surface area contributed by atoms with Crippen LogP contribution >= 0.6 is 0 Å². The molecule has 6 nitrogen and oxygen atoms in total. The van der Waals surface area contributed by atoms with Gasteiger partial charge in [-0.3, -0.25) is 0 Å². The molecule has 0 fully saturated rings. The summed E-state index contributed by atoms with van der Waals surface area (Å²) in [5.41, 5.74) is 6.39. The number of rotatable bonds is 3. The quantitative estimate of drug-likeness (QED) is 0.114. The Kier molecular flexibility index (Phi) is 6.45. The van der Waals surface area contributed by atoms with Crippen molar-refractivity contribution in [3.63, 3.8) is 0 Å². The molecule has 2 aliphatic rings. The van der Waals surface area contributed by atoms with E-state index in [2.05, 4.69) is 22.1 Å². The van der Waals surface area contributed by atoms with Crippen LogP contribution in [0.3, 0.4) is 0 Å². The summed E-state index contributed by atoms with van der Waals surface area (Å²) in [5.74, 6) is -5.85. The fourth-order valence-electron chi connectivity index (χ4n) is 6.47. The van der Waals surface area contributed by atoms with Crippen LogP contribution in [0.5, 0.6) is 0 Å². The lowest BCUT2D eigenvalue weighted by atomic mass is 9.84. The molecule has 46 heavy (non-hydrogen) atoms. The summed E-state index contributed by atoms with van der Waals surface area (Å²) in [4.78, 5) is 6.29. The Hall–Kier alpha value is -6.62. The second-order valence-corrected chi connectivity index (χ2v) is 10.7. The fraction of sp³-hybridized carbons (Fsp3) is 0.0556. The molecule has 0 spiro atoms. The van der Waals surface area contributed by atoms with Gasteiger partial charge in [-0.25, -0.2) is 0 Å². The Labute approximate surface area is 259 Å². The van der Waals surface area contributed by atoms with Crippen LogP contribution in [0.4, 0.5) is 17.6 Å². The van der Waals surface area contributed by atoms with Crippen LogP contribution in [0.15, 0.2) is 78.4 Å². The smallest absolute Gasteiger partial charge is 0.197 e. The first-order valence-electron chi connectivity index (χ1n) is 13.7. The Bertz CT molecular complexity index is 2320. The van der Waals surface area contributed by atoms with E-state index in [0.29, 0.717) is 61.2 Å². The summed E-state index contributed by atoms with van der Waals surface area (Å²) in [6.07, 6.45) is 0. The molecule has 2 heterocycles. The average molecular weight is 607 g/mol. The third kappa shape index (κ3) is 4.29. The molecule has 2 aromatic heterocycles. The van der Waals surface area contributed by atoms with Crippen LogP contribution in [0.1, 0.15) is 28.2 Å². The second-order valence-electron chi connectivity index (χ2n) is 10.7. The maximum absolute atomic E-state index is 14.0. The standard InChI is InChI=1S/C36H14F4N6/c37-31-7-19(8-32(38)45-31)17-1-3-23-25-11-30-26(12-29(25)35(27(23)5-17)21(13-41)14-42)24-4-2-18(20-9-33(39)46-34(40)10-20)6-28(24)36(30)22(15-43)16-44/h1-12,21,35H. The van der Waals surface area contributed by atoms with Gasteiger partial charge >= 0.3 is 0 Å². The van der Waals surface area contributed by atoms with Gasteiger partial charge in [-0.1, -0.05) is 24.3 Å². The lowest BCUT2D eigenvalue weighted by molar-refractivity contribution is 0.512. The molecular formula is C36H14F4N6. The zero-order chi connectivity index (χ0) is 32.3. The lowest BCUT2D eigenvalue weighted by Crippen LogP contribution is -2.09. The van der Waals surface area contributed by atoms with Gasteiger partial charge in [0, 0.05) is 35.8 Å². The number of nitriles is 4. The number of benzene rings is 3. The molecule has 1 atom stereocenters. The molecule has 2 aliphatic carbocycles. The molecule has 10 heteroatoms. The van der Waals surface area contributed by atoms with Gasteiger partial charge < -0.3 is 0 Å². The predicted molar refractivity (Wildman–Crippen MR) is 157 cm³/mol. The van der Waals surface area contributed by atoms with Gasteiger partial charge in [-0.15, -0.1) is 0 Å². The summed E-state index contributed by atoms with van der Waals surface area (Å²) < 4.78 is 55.9. The largest absolute Gasteiger partial charge is 0.216 e. The van der Waals surface area contributed by atoms with Crippen LogP contribution in [0.2, 0.25) is 0 Å². The van der Waals surface area contributed by atoms with E-state index >= 15 is 0 Å². The van der Waals surface area contributed by atoms with Crippen molar-refractivity contribution in [2.45, 2.75) is 5.92 Å². The van der Waals surface area contributed by atoms with Crippen LogP contribution < -0.4 is 0 Å². The van der Waals surface area contributed by atoms with E-state index < -0.39 is 35.6 Å². The molecule has 216 valence electrons. The second kappa shape index (κ2) is 10.5. The molecule has 0 bridgehead atoms. The van der Waals surface area contributed by atoms with Crippen molar-refractivity contribution in [2.75, 3.05) is 0 Å². The highest BCUT2D eigenvalue weighted by atomic mass is 19.1. The number of halogens is 4. The van der Waals surface area contributed by atoms with E-state index in [1.165, 1.54) is 0 Å². The molecule has 0 aliphatic heterocycles. The number of pyridine rings is 2. The minimum atomic E-state index is -1.12. The van der Waals surface area contributed by atoms with Crippen LogP contribution in [0.25, 0.3) is 50.1 Å². The van der Waals surface area contributed by atoms with E-state index in [0.717, 1.165) is 24.3 Å². The first-order chi connectivity index (χ1) is 22.2. The number of allylic oxidation sites excluding steroid dienone is 1.